The molecule has 2 rings (SSSR count). The number of anilines is 1. The van der Waals surface area contributed by atoms with E-state index in [0.717, 1.165) is 17.8 Å². The standard InChI is InChI=1S/C15H24N4O2/c1-5-11-12(10-18(4)17-11)19-9-8-13(20)16-15(6-2,7-3)14(19)21/h10H,5-9H2,1-4H3,(H,16,20). The van der Waals surface area contributed by atoms with Gasteiger partial charge < -0.3 is 10.2 Å². The summed E-state index contributed by atoms with van der Waals surface area (Å²) in [6.07, 6.45) is 4.12. The molecule has 0 radical (unpaired) electrons. The number of amides is 2. The van der Waals surface area contributed by atoms with Gasteiger partial charge in [-0.05, 0) is 19.3 Å². The molecule has 0 saturated carbocycles. The summed E-state index contributed by atoms with van der Waals surface area (Å²) in [7, 11) is 1.85. The van der Waals surface area contributed by atoms with Gasteiger partial charge in [0.2, 0.25) is 5.91 Å². The highest BCUT2D eigenvalue weighted by Crippen LogP contribution is 2.28. The van der Waals surface area contributed by atoms with E-state index in [9.17, 15) is 9.59 Å². The molecule has 0 unspecified atom stereocenters. The third-order valence-electron chi connectivity index (χ3n) is 4.31. The quantitative estimate of drug-likeness (QED) is 0.912. The van der Waals surface area contributed by atoms with Crippen LogP contribution in [0.3, 0.4) is 0 Å². The average molecular weight is 292 g/mol. The van der Waals surface area contributed by atoms with Crippen LogP contribution in [-0.4, -0.2) is 33.7 Å². The van der Waals surface area contributed by atoms with E-state index < -0.39 is 5.54 Å². The first-order chi connectivity index (χ1) is 9.97. The molecule has 116 valence electrons. The fourth-order valence-electron chi connectivity index (χ4n) is 2.91. The van der Waals surface area contributed by atoms with Crippen LogP contribution < -0.4 is 10.2 Å². The minimum atomic E-state index is -0.797. The first-order valence-corrected chi connectivity index (χ1v) is 7.62. The van der Waals surface area contributed by atoms with Gasteiger partial charge in [0.05, 0.1) is 11.4 Å². The molecule has 0 aliphatic carbocycles. The lowest BCUT2D eigenvalue weighted by atomic mass is 9.91. The molecular weight excluding hydrogens is 268 g/mol. The first-order valence-electron chi connectivity index (χ1n) is 7.62. The van der Waals surface area contributed by atoms with Gasteiger partial charge in [0.1, 0.15) is 5.54 Å². The summed E-state index contributed by atoms with van der Waals surface area (Å²) in [4.78, 5) is 26.7. The number of hydrogen-bond donors (Lipinski definition) is 1. The Morgan fingerprint density at radius 3 is 2.52 bits per heavy atom. The molecule has 1 saturated heterocycles. The van der Waals surface area contributed by atoms with E-state index in [1.807, 2.05) is 34.0 Å². The van der Waals surface area contributed by atoms with Crippen LogP contribution >= 0.6 is 0 Å². The highest BCUT2D eigenvalue weighted by Gasteiger charge is 2.42. The van der Waals surface area contributed by atoms with Crippen LogP contribution in [0.25, 0.3) is 0 Å². The second-order valence-corrected chi connectivity index (χ2v) is 5.53. The zero-order valence-corrected chi connectivity index (χ0v) is 13.3. The Balaban J connectivity index is 2.46. The predicted octanol–water partition coefficient (Wildman–Crippen LogP) is 1.39. The van der Waals surface area contributed by atoms with E-state index in [-0.39, 0.29) is 11.8 Å². The molecular formula is C15H24N4O2. The van der Waals surface area contributed by atoms with Crippen LogP contribution in [0, 0.1) is 0 Å². The van der Waals surface area contributed by atoms with Crippen LogP contribution in [-0.2, 0) is 23.1 Å². The van der Waals surface area contributed by atoms with Crippen LogP contribution in [0.5, 0.6) is 0 Å². The van der Waals surface area contributed by atoms with Crippen molar-refractivity contribution in [2.75, 3.05) is 11.4 Å². The molecule has 2 heterocycles. The van der Waals surface area contributed by atoms with Crippen LogP contribution in [0.1, 0.15) is 45.7 Å². The zero-order chi connectivity index (χ0) is 15.6. The van der Waals surface area contributed by atoms with Crippen molar-refractivity contribution in [3.05, 3.63) is 11.9 Å². The number of rotatable bonds is 4. The molecule has 0 atom stereocenters. The van der Waals surface area contributed by atoms with Crippen molar-refractivity contribution in [2.24, 2.45) is 7.05 Å². The van der Waals surface area contributed by atoms with Crippen molar-refractivity contribution in [1.29, 1.82) is 0 Å². The molecule has 0 aromatic carbocycles. The second kappa shape index (κ2) is 5.87. The monoisotopic (exact) mass is 292 g/mol. The van der Waals surface area contributed by atoms with Gasteiger partial charge in [0, 0.05) is 26.2 Å². The Labute approximate surface area is 125 Å². The number of nitrogens with zero attached hydrogens (tertiary/aromatic N) is 3. The smallest absolute Gasteiger partial charge is 0.252 e. The van der Waals surface area contributed by atoms with Gasteiger partial charge in [-0.3, -0.25) is 14.3 Å². The zero-order valence-electron chi connectivity index (χ0n) is 13.3. The summed E-state index contributed by atoms with van der Waals surface area (Å²) >= 11 is 0. The minimum Gasteiger partial charge on any atom is -0.342 e. The first kappa shape index (κ1) is 15.5. The Kier molecular flexibility index (Phi) is 4.34. The van der Waals surface area contributed by atoms with E-state index >= 15 is 0 Å². The van der Waals surface area contributed by atoms with E-state index in [4.69, 9.17) is 0 Å². The normalized spacial score (nSPS) is 18.6. The van der Waals surface area contributed by atoms with Crippen LogP contribution in [0.4, 0.5) is 5.69 Å². The van der Waals surface area contributed by atoms with Crippen molar-refractivity contribution in [3.63, 3.8) is 0 Å². The molecule has 2 amide bonds. The maximum Gasteiger partial charge on any atom is 0.252 e. The summed E-state index contributed by atoms with van der Waals surface area (Å²) in [5, 5.41) is 7.33. The number of carbonyl (C=O) groups is 2. The lowest BCUT2D eigenvalue weighted by molar-refractivity contribution is -0.130. The molecule has 1 aromatic rings. The van der Waals surface area contributed by atoms with Gasteiger partial charge in [0.25, 0.3) is 5.91 Å². The Bertz CT molecular complexity index is 546. The predicted molar refractivity (Wildman–Crippen MR) is 81.0 cm³/mol. The number of nitrogens with one attached hydrogen (secondary N) is 1. The van der Waals surface area contributed by atoms with E-state index in [0.29, 0.717) is 25.8 Å². The summed E-state index contributed by atoms with van der Waals surface area (Å²) < 4.78 is 1.72. The molecule has 0 bridgehead atoms. The van der Waals surface area contributed by atoms with E-state index in [1.54, 1.807) is 9.58 Å². The maximum absolute atomic E-state index is 13.0. The molecule has 1 N–H and O–H groups in total. The third kappa shape index (κ3) is 2.66. The van der Waals surface area contributed by atoms with Crippen molar-refractivity contribution in [1.82, 2.24) is 15.1 Å². The number of aryl methyl sites for hydroxylation is 2. The fourth-order valence-corrected chi connectivity index (χ4v) is 2.91. The summed E-state index contributed by atoms with van der Waals surface area (Å²) in [5.74, 6) is -0.0856. The largest absolute Gasteiger partial charge is 0.342 e. The molecule has 6 heteroatoms. The van der Waals surface area contributed by atoms with Crippen molar-refractivity contribution in [3.8, 4) is 0 Å². The SMILES string of the molecule is CCc1nn(C)cc1N1CCC(=O)NC(CC)(CC)C1=O. The molecule has 1 aromatic heterocycles. The van der Waals surface area contributed by atoms with E-state index in [1.165, 1.54) is 0 Å². The topological polar surface area (TPSA) is 67.2 Å². The van der Waals surface area contributed by atoms with Gasteiger partial charge >= 0.3 is 0 Å². The number of hydrogen-bond acceptors (Lipinski definition) is 3. The summed E-state index contributed by atoms with van der Waals surface area (Å²) in [5.41, 5.74) is 0.920. The average Bonchev–Trinajstić information content (AvgIpc) is 2.79. The van der Waals surface area contributed by atoms with Crippen molar-refractivity contribution >= 4 is 17.5 Å². The molecule has 0 spiro atoms. The Hall–Kier alpha value is -1.85. The molecule has 21 heavy (non-hydrogen) atoms. The van der Waals surface area contributed by atoms with Gasteiger partial charge in [-0.15, -0.1) is 0 Å². The van der Waals surface area contributed by atoms with E-state index in [2.05, 4.69) is 10.4 Å². The number of carbonyl (C=O) groups excluding carboxylic acids is 2. The Morgan fingerprint density at radius 1 is 1.29 bits per heavy atom. The van der Waals surface area contributed by atoms with Gasteiger partial charge in [0.15, 0.2) is 0 Å². The molecule has 6 nitrogen and oxygen atoms in total. The highest BCUT2D eigenvalue weighted by molar-refractivity contribution is 6.04. The highest BCUT2D eigenvalue weighted by atomic mass is 16.2. The van der Waals surface area contributed by atoms with Crippen LogP contribution in [0.2, 0.25) is 0 Å². The summed E-state index contributed by atoms with van der Waals surface area (Å²) in [6, 6.07) is 0. The van der Waals surface area contributed by atoms with Crippen molar-refractivity contribution < 1.29 is 9.59 Å². The molecule has 1 aliphatic heterocycles. The fraction of sp³-hybridized carbons (Fsp3) is 0.667. The Morgan fingerprint density at radius 2 is 1.95 bits per heavy atom. The maximum atomic E-state index is 13.0. The minimum absolute atomic E-state index is 0.0268. The van der Waals surface area contributed by atoms with Gasteiger partial charge in [-0.25, -0.2) is 0 Å². The van der Waals surface area contributed by atoms with Crippen LogP contribution in [0.15, 0.2) is 6.20 Å². The van der Waals surface area contributed by atoms with Gasteiger partial charge in [-0.1, -0.05) is 20.8 Å². The number of aromatic nitrogens is 2. The van der Waals surface area contributed by atoms with Crippen molar-refractivity contribution in [2.45, 2.75) is 52.0 Å². The summed E-state index contributed by atoms with van der Waals surface area (Å²) in [6.45, 7) is 6.31. The van der Waals surface area contributed by atoms with Gasteiger partial charge in [-0.2, -0.15) is 5.10 Å². The third-order valence-corrected chi connectivity index (χ3v) is 4.31. The lowest BCUT2D eigenvalue weighted by Crippen LogP contribution is -2.56. The second-order valence-electron chi connectivity index (χ2n) is 5.53. The lowest BCUT2D eigenvalue weighted by Gasteiger charge is -2.33. The molecule has 1 aliphatic rings. The molecule has 1 fully saturated rings.